The number of hydrogen-bond acceptors (Lipinski definition) is 14. The molecular weight excluding hydrogens is 801 g/mol. The molecule has 0 radical (unpaired) electrons. The van der Waals surface area contributed by atoms with Crippen LogP contribution in [0.1, 0.15) is 123 Å². The second kappa shape index (κ2) is 35.7. The van der Waals surface area contributed by atoms with Gasteiger partial charge in [-0.05, 0) is 70.6 Å². The molecule has 2 aliphatic rings. The fraction of sp³-hybridized carbons (Fsp3) is 0.729. The predicted octanol–water partition coefficient (Wildman–Crippen LogP) is 5.56. The van der Waals surface area contributed by atoms with Crippen LogP contribution in [0.5, 0.6) is 0 Å². The van der Waals surface area contributed by atoms with Gasteiger partial charge in [-0.15, -0.1) is 0 Å². The number of unbranched alkanes of at least 4 members (excludes halogenated alkanes) is 8. The van der Waals surface area contributed by atoms with Crippen LogP contribution in [0.2, 0.25) is 0 Å². The summed E-state index contributed by atoms with van der Waals surface area (Å²) in [6.45, 7) is 3.27. The van der Waals surface area contributed by atoms with Crippen LogP contribution in [0.15, 0.2) is 72.9 Å². The van der Waals surface area contributed by atoms with Gasteiger partial charge in [-0.3, -0.25) is 4.79 Å². The number of ether oxygens (including phenoxy) is 6. The Morgan fingerprint density at radius 2 is 1.05 bits per heavy atom. The van der Waals surface area contributed by atoms with E-state index in [9.17, 15) is 40.5 Å². The first-order valence-corrected chi connectivity index (χ1v) is 23.0. The quantitative estimate of drug-likeness (QED) is 0.0240. The van der Waals surface area contributed by atoms with Crippen molar-refractivity contribution >= 4 is 5.97 Å². The van der Waals surface area contributed by atoms with Crippen molar-refractivity contribution in [2.24, 2.45) is 0 Å². The van der Waals surface area contributed by atoms with Crippen LogP contribution >= 0.6 is 0 Å². The maximum Gasteiger partial charge on any atom is 0.306 e. The molecule has 2 rings (SSSR count). The smallest absolute Gasteiger partial charge is 0.306 e. The van der Waals surface area contributed by atoms with Gasteiger partial charge in [-0.1, -0.05) is 119 Å². The molecule has 0 spiro atoms. The van der Waals surface area contributed by atoms with Gasteiger partial charge in [0.25, 0.3) is 0 Å². The van der Waals surface area contributed by atoms with Crippen LogP contribution in [0.25, 0.3) is 0 Å². The Morgan fingerprint density at radius 1 is 0.548 bits per heavy atom. The number of allylic oxidation sites excluding steroid dienone is 11. The Bertz CT molecular complexity index is 1300. The number of rotatable bonds is 34. The van der Waals surface area contributed by atoms with Gasteiger partial charge < -0.3 is 64.2 Å². The lowest BCUT2D eigenvalue weighted by Gasteiger charge is -2.42. The average Bonchev–Trinajstić information content (AvgIpc) is 3.27. The number of carbonyl (C=O) groups excluding carboxylic acids is 1. The minimum Gasteiger partial charge on any atom is -0.457 e. The van der Waals surface area contributed by atoms with Crippen LogP contribution in [0.3, 0.4) is 0 Å². The third kappa shape index (κ3) is 23.9. The molecule has 2 fully saturated rings. The lowest BCUT2D eigenvalue weighted by Crippen LogP contribution is -2.61. The highest BCUT2D eigenvalue weighted by Gasteiger charge is 2.47. The third-order valence-electron chi connectivity index (χ3n) is 10.5. The average molecular weight is 881 g/mol. The highest BCUT2D eigenvalue weighted by Crippen LogP contribution is 2.26. The molecule has 2 heterocycles. The molecule has 0 saturated carbocycles. The molecule has 0 bridgehead atoms. The molecule has 2 aliphatic heterocycles. The van der Waals surface area contributed by atoms with E-state index in [4.69, 9.17) is 28.4 Å². The standard InChI is InChI=1S/C48H80O14/c1-3-5-7-9-11-13-15-17-18-19-20-22-24-26-28-30-32-57-34-37(60-40(50)31-29-27-25-23-21-16-14-12-10-8-6-4-2)35-58-47-46(56)44(54)42(52)39(62-47)36-59-48-45(55)43(53)41(51)38(33-49)61-48/h5,7,11-14,17-18,20,22,26,28,37-39,41-49,51-56H,3-4,6,8-10,15-16,19,21,23-25,27,29-36H2,1-2H3/b7-5-,13-11-,14-12-,18-17-,22-20-,28-26-. The summed E-state index contributed by atoms with van der Waals surface area (Å²) >= 11 is 0. The Kier molecular flexibility index (Phi) is 32.0. The van der Waals surface area contributed by atoms with Crippen LogP contribution in [-0.4, -0.2) is 142 Å². The third-order valence-corrected chi connectivity index (χ3v) is 10.5. The van der Waals surface area contributed by atoms with Gasteiger partial charge in [0, 0.05) is 6.42 Å². The summed E-state index contributed by atoms with van der Waals surface area (Å²) in [6.07, 6.45) is 25.7. The molecule has 7 N–H and O–H groups in total. The Morgan fingerprint density at radius 3 is 1.65 bits per heavy atom. The molecule has 62 heavy (non-hydrogen) atoms. The predicted molar refractivity (Wildman–Crippen MR) is 238 cm³/mol. The second-order valence-electron chi connectivity index (χ2n) is 15.8. The molecule has 0 aromatic rings. The topological polar surface area (TPSA) is 214 Å². The molecule has 356 valence electrons. The summed E-state index contributed by atoms with van der Waals surface area (Å²) < 4.78 is 34.0. The lowest BCUT2D eigenvalue weighted by molar-refractivity contribution is -0.332. The van der Waals surface area contributed by atoms with E-state index in [-0.39, 0.29) is 19.6 Å². The Balaban J connectivity index is 1.85. The van der Waals surface area contributed by atoms with E-state index in [0.29, 0.717) is 19.4 Å². The first-order chi connectivity index (χ1) is 30.1. The van der Waals surface area contributed by atoms with E-state index in [0.717, 1.165) is 70.6 Å². The van der Waals surface area contributed by atoms with Crippen molar-refractivity contribution in [1.29, 1.82) is 0 Å². The van der Waals surface area contributed by atoms with Gasteiger partial charge in [0.15, 0.2) is 12.6 Å². The van der Waals surface area contributed by atoms with Gasteiger partial charge in [0.1, 0.15) is 54.9 Å². The van der Waals surface area contributed by atoms with Crippen LogP contribution in [-0.2, 0) is 33.2 Å². The number of esters is 1. The van der Waals surface area contributed by atoms with E-state index in [1.165, 1.54) is 19.3 Å². The van der Waals surface area contributed by atoms with Crippen LogP contribution in [0.4, 0.5) is 0 Å². The van der Waals surface area contributed by atoms with Gasteiger partial charge in [0.2, 0.25) is 0 Å². The fourth-order valence-electron chi connectivity index (χ4n) is 6.69. The molecule has 14 nitrogen and oxygen atoms in total. The summed E-state index contributed by atoms with van der Waals surface area (Å²) in [6, 6.07) is 0. The number of carbonyl (C=O) groups is 1. The highest BCUT2D eigenvalue weighted by atomic mass is 16.7. The molecule has 11 atom stereocenters. The lowest BCUT2D eigenvalue weighted by atomic mass is 9.98. The minimum atomic E-state index is -1.72. The first-order valence-electron chi connectivity index (χ1n) is 23.0. The Labute approximate surface area is 370 Å². The molecule has 0 amide bonds. The summed E-state index contributed by atoms with van der Waals surface area (Å²) in [5.41, 5.74) is 0. The SMILES string of the molecule is CC/C=C\C/C=C\C/C=C\C/C=C\C/C=C\CCOCC(COC1OC(COC2OC(CO)C(O)C(O)C2O)C(O)C(O)C1O)OC(=O)CCCCCCC/C=C\CCCCC. The number of aliphatic hydroxyl groups is 7. The van der Waals surface area contributed by atoms with Crippen molar-refractivity contribution in [2.75, 3.05) is 33.0 Å². The maximum absolute atomic E-state index is 12.9. The fourth-order valence-corrected chi connectivity index (χ4v) is 6.69. The molecular formula is C48H80O14. The molecule has 14 heteroatoms. The van der Waals surface area contributed by atoms with E-state index in [1.54, 1.807) is 0 Å². The first kappa shape index (κ1) is 55.6. The van der Waals surface area contributed by atoms with Crippen LogP contribution < -0.4 is 0 Å². The monoisotopic (exact) mass is 881 g/mol. The Hall–Kier alpha value is -2.57. The van der Waals surface area contributed by atoms with Crippen molar-refractivity contribution in [1.82, 2.24) is 0 Å². The largest absolute Gasteiger partial charge is 0.457 e. The molecule has 0 aromatic carbocycles. The van der Waals surface area contributed by atoms with Crippen molar-refractivity contribution in [3.63, 3.8) is 0 Å². The van der Waals surface area contributed by atoms with Crippen molar-refractivity contribution < 1.29 is 69.0 Å². The molecule has 11 unspecified atom stereocenters. The maximum atomic E-state index is 12.9. The molecule has 2 saturated heterocycles. The van der Waals surface area contributed by atoms with Gasteiger partial charge in [-0.2, -0.15) is 0 Å². The summed E-state index contributed by atoms with van der Waals surface area (Å²) in [5.74, 6) is -0.415. The zero-order valence-electron chi connectivity index (χ0n) is 37.3. The summed E-state index contributed by atoms with van der Waals surface area (Å²) in [5, 5.41) is 71.9. The molecule has 0 aromatic heterocycles. The van der Waals surface area contributed by atoms with Crippen molar-refractivity contribution in [3.8, 4) is 0 Å². The number of aliphatic hydroxyl groups excluding tert-OH is 7. The van der Waals surface area contributed by atoms with Crippen molar-refractivity contribution in [2.45, 2.75) is 191 Å². The van der Waals surface area contributed by atoms with Gasteiger partial charge >= 0.3 is 5.97 Å². The minimum absolute atomic E-state index is 0.0000506. The van der Waals surface area contributed by atoms with Gasteiger partial charge in [-0.25, -0.2) is 0 Å². The zero-order valence-corrected chi connectivity index (χ0v) is 37.3. The molecule has 0 aliphatic carbocycles. The zero-order chi connectivity index (χ0) is 45.2. The van der Waals surface area contributed by atoms with Gasteiger partial charge in [0.05, 0.1) is 33.0 Å². The van der Waals surface area contributed by atoms with E-state index in [2.05, 4.69) is 80.7 Å². The van der Waals surface area contributed by atoms with Crippen LogP contribution in [0, 0.1) is 0 Å². The van der Waals surface area contributed by atoms with Crippen molar-refractivity contribution in [3.05, 3.63) is 72.9 Å². The van der Waals surface area contributed by atoms with E-state index in [1.807, 2.05) is 6.08 Å². The van der Waals surface area contributed by atoms with E-state index >= 15 is 0 Å². The van der Waals surface area contributed by atoms with E-state index < -0.39 is 86.7 Å². The highest BCUT2D eigenvalue weighted by molar-refractivity contribution is 5.69. The normalized spacial score (nSPS) is 27.9. The summed E-state index contributed by atoms with van der Waals surface area (Å²) in [4.78, 5) is 12.9. The summed E-state index contributed by atoms with van der Waals surface area (Å²) in [7, 11) is 0. The number of hydrogen-bond donors (Lipinski definition) is 7. The second-order valence-corrected chi connectivity index (χ2v) is 15.8.